The van der Waals surface area contributed by atoms with Gasteiger partial charge in [-0.15, -0.1) is 0 Å². The zero-order chi connectivity index (χ0) is 8.82. The minimum absolute atomic E-state index is 0.0226. The van der Waals surface area contributed by atoms with Crippen molar-refractivity contribution in [1.82, 2.24) is 0 Å². The molecule has 2 aliphatic rings. The maximum Gasteiger partial charge on any atom is 0.166 e. The van der Waals surface area contributed by atoms with Crippen LogP contribution in [0.5, 0.6) is 0 Å². The fraction of sp³-hybridized carbons (Fsp3) is 1.00. The van der Waals surface area contributed by atoms with Crippen molar-refractivity contribution in [3.8, 4) is 0 Å². The molecule has 3 atom stereocenters. The number of ether oxygens (including phenoxy) is 2. The lowest BCUT2D eigenvalue weighted by molar-refractivity contribution is -0.188. The predicted octanol–water partition coefficient (Wildman–Crippen LogP) is 2.47. The molecule has 0 amide bonds. The average molecular weight is 170 g/mol. The summed E-state index contributed by atoms with van der Waals surface area (Å²) in [6.45, 7) is 6.42. The van der Waals surface area contributed by atoms with E-state index in [-0.39, 0.29) is 11.4 Å². The highest BCUT2D eigenvalue weighted by Crippen LogP contribution is 2.46. The summed E-state index contributed by atoms with van der Waals surface area (Å²) in [6.07, 6.45) is 4.85. The van der Waals surface area contributed by atoms with Crippen LogP contribution in [-0.4, -0.2) is 17.5 Å². The first-order valence-corrected chi connectivity index (χ1v) is 4.96. The minimum Gasteiger partial charge on any atom is -0.344 e. The molecule has 2 bridgehead atoms. The molecule has 70 valence electrons. The molecule has 0 radical (unpaired) electrons. The Morgan fingerprint density at radius 1 is 1.42 bits per heavy atom. The fourth-order valence-electron chi connectivity index (χ4n) is 2.39. The van der Waals surface area contributed by atoms with Crippen molar-refractivity contribution in [3.05, 3.63) is 0 Å². The third kappa shape index (κ3) is 1.09. The fourth-order valence-corrected chi connectivity index (χ4v) is 2.39. The van der Waals surface area contributed by atoms with Crippen LogP contribution in [0.4, 0.5) is 0 Å². The molecule has 2 heteroatoms. The molecule has 2 rings (SSSR count). The number of fused-ring (bicyclic) bond motifs is 2. The molecule has 2 saturated heterocycles. The SMILES string of the molecule is CCC1(C)O[C@@]2(C)CCC[C@@H]1O2. The highest BCUT2D eigenvalue weighted by Gasteiger charge is 2.53. The van der Waals surface area contributed by atoms with Crippen LogP contribution in [-0.2, 0) is 9.47 Å². The van der Waals surface area contributed by atoms with Crippen molar-refractivity contribution in [2.45, 2.75) is 63.9 Å². The molecule has 2 nitrogen and oxygen atoms in total. The van der Waals surface area contributed by atoms with E-state index in [0.29, 0.717) is 6.10 Å². The third-order valence-electron chi connectivity index (χ3n) is 3.32. The number of rotatable bonds is 1. The Morgan fingerprint density at radius 3 is 2.75 bits per heavy atom. The lowest BCUT2D eigenvalue weighted by atomic mass is 9.92. The summed E-state index contributed by atoms with van der Waals surface area (Å²) in [6, 6.07) is 0. The van der Waals surface area contributed by atoms with Gasteiger partial charge in [0.25, 0.3) is 0 Å². The van der Waals surface area contributed by atoms with E-state index in [1.165, 1.54) is 12.8 Å². The number of hydrogen-bond acceptors (Lipinski definition) is 2. The highest BCUT2D eigenvalue weighted by atomic mass is 16.8. The van der Waals surface area contributed by atoms with E-state index in [9.17, 15) is 0 Å². The lowest BCUT2D eigenvalue weighted by Crippen LogP contribution is -2.35. The second-order valence-corrected chi connectivity index (χ2v) is 4.40. The Labute approximate surface area is 74.2 Å². The van der Waals surface area contributed by atoms with Crippen LogP contribution in [0.15, 0.2) is 0 Å². The van der Waals surface area contributed by atoms with Crippen LogP contribution in [0.2, 0.25) is 0 Å². The summed E-state index contributed by atoms with van der Waals surface area (Å²) >= 11 is 0. The monoisotopic (exact) mass is 170 g/mol. The molecular formula is C10H18O2. The van der Waals surface area contributed by atoms with Gasteiger partial charge < -0.3 is 9.47 Å². The van der Waals surface area contributed by atoms with Gasteiger partial charge in [-0.25, -0.2) is 0 Å². The molecule has 12 heavy (non-hydrogen) atoms. The summed E-state index contributed by atoms with van der Waals surface area (Å²) in [5.41, 5.74) is -0.0226. The van der Waals surface area contributed by atoms with Gasteiger partial charge in [0.05, 0.1) is 11.7 Å². The minimum atomic E-state index is -0.270. The quantitative estimate of drug-likeness (QED) is 0.602. The first kappa shape index (κ1) is 8.52. The largest absolute Gasteiger partial charge is 0.344 e. The first-order chi connectivity index (χ1) is 5.58. The van der Waals surface area contributed by atoms with Crippen LogP contribution in [0.25, 0.3) is 0 Å². The van der Waals surface area contributed by atoms with Crippen LogP contribution >= 0.6 is 0 Å². The lowest BCUT2D eigenvalue weighted by Gasteiger charge is -2.27. The molecule has 2 aliphatic heterocycles. The Morgan fingerprint density at radius 2 is 2.17 bits per heavy atom. The van der Waals surface area contributed by atoms with Gasteiger partial charge in [0.1, 0.15) is 0 Å². The van der Waals surface area contributed by atoms with Crippen molar-refractivity contribution in [2.75, 3.05) is 0 Å². The Bertz CT molecular complexity index is 192. The van der Waals surface area contributed by atoms with Gasteiger partial charge in [0.2, 0.25) is 0 Å². The van der Waals surface area contributed by atoms with Gasteiger partial charge in [-0.3, -0.25) is 0 Å². The summed E-state index contributed by atoms with van der Waals surface area (Å²) < 4.78 is 11.9. The van der Waals surface area contributed by atoms with Crippen LogP contribution < -0.4 is 0 Å². The van der Waals surface area contributed by atoms with Gasteiger partial charge in [-0.2, -0.15) is 0 Å². The zero-order valence-electron chi connectivity index (χ0n) is 8.22. The second kappa shape index (κ2) is 2.46. The van der Waals surface area contributed by atoms with E-state index >= 15 is 0 Å². The van der Waals surface area contributed by atoms with Crippen molar-refractivity contribution < 1.29 is 9.47 Å². The molecule has 0 aromatic carbocycles. The van der Waals surface area contributed by atoms with Gasteiger partial charge in [-0.05, 0) is 33.1 Å². The van der Waals surface area contributed by atoms with Crippen molar-refractivity contribution in [1.29, 1.82) is 0 Å². The van der Waals surface area contributed by atoms with Gasteiger partial charge in [0, 0.05) is 6.42 Å². The van der Waals surface area contributed by atoms with Gasteiger partial charge >= 0.3 is 0 Å². The molecule has 0 saturated carbocycles. The highest BCUT2D eigenvalue weighted by molar-refractivity contribution is 4.96. The average Bonchev–Trinajstić information content (AvgIpc) is 2.20. The van der Waals surface area contributed by atoms with Crippen LogP contribution in [0, 0.1) is 0 Å². The first-order valence-electron chi connectivity index (χ1n) is 4.96. The maximum absolute atomic E-state index is 5.99. The summed E-state index contributed by atoms with van der Waals surface area (Å²) in [5.74, 6) is -0.270. The van der Waals surface area contributed by atoms with Crippen molar-refractivity contribution >= 4 is 0 Å². The van der Waals surface area contributed by atoms with Crippen LogP contribution in [0.1, 0.15) is 46.5 Å². The molecule has 1 unspecified atom stereocenters. The summed E-state index contributed by atoms with van der Waals surface area (Å²) in [7, 11) is 0. The summed E-state index contributed by atoms with van der Waals surface area (Å²) in [4.78, 5) is 0. The van der Waals surface area contributed by atoms with Crippen molar-refractivity contribution in [2.24, 2.45) is 0 Å². The molecule has 0 spiro atoms. The molecular weight excluding hydrogens is 152 g/mol. The molecule has 0 N–H and O–H groups in total. The molecule has 2 heterocycles. The van der Waals surface area contributed by atoms with E-state index in [4.69, 9.17) is 9.47 Å². The molecule has 0 aromatic heterocycles. The van der Waals surface area contributed by atoms with E-state index in [1.54, 1.807) is 0 Å². The normalized spacial score (nSPS) is 52.8. The zero-order valence-corrected chi connectivity index (χ0v) is 8.22. The van der Waals surface area contributed by atoms with Crippen molar-refractivity contribution in [3.63, 3.8) is 0 Å². The van der Waals surface area contributed by atoms with E-state index in [0.717, 1.165) is 12.8 Å². The number of hydrogen-bond donors (Lipinski definition) is 0. The van der Waals surface area contributed by atoms with E-state index < -0.39 is 0 Å². The summed E-state index contributed by atoms with van der Waals surface area (Å²) in [5, 5.41) is 0. The molecule has 0 aromatic rings. The van der Waals surface area contributed by atoms with E-state index in [2.05, 4.69) is 20.8 Å². The van der Waals surface area contributed by atoms with Crippen LogP contribution in [0.3, 0.4) is 0 Å². The standard InChI is InChI=1S/C10H18O2/c1-4-9(2)8-6-5-7-10(3,11-8)12-9/h8H,4-7H2,1-3H3/t8-,9?,10-/m0/s1. The molecule has 2 fully saturated rings. The maximum atomic E-state index is 5.99. The smallest absolute Gasteiger partial charge is 0.166 e. The Balaban J connectivity index is 2.22. The Hall–Kier alpha value is -0.0800. The van der Waals surface area contributed by atoms with E-state index in [1.807, 2.05) is 0 Å². The third-order valence-corrected chi connectivity index (χ3v) is 3.32. The van der Waals surface area contributed by atoms with Gasteiger partial charge in [-0.1, -0.05) is 6.92 Å². The predicted molar refractivity (Wildman–Crippen MR) is 46.9 cm³/mol. The topological polar surface area (TPSA) is 18.5 Å². The van der Waals surface area contributed by atoms with Gasteiger partial charge in [0.15, 0.2) is 5.79 Å². The Kier molecular flexibility index (Phi) is 1.74. The molecule has 0 aliphatic carbocycles. The second-order valence-electron chi connectivity index (χ2n) is 4.40.